The molecule has 1 aromatic heterocycles. The predicted octanol–water partition coefficient (Wildman–Crippen LogP) is 5.03. The summed E-state index contributed by atoms with van der Waals surface area (Å²) in [5, 5.41) is -0.451. The first-order valence-corrected chi connectivity index (χ1v) is 12.9. The summed E-state index contributed by atoms with van der Waals surface area (Å²) in [7, 11) is -4.31. The summed E-state index contributed by atoms with van der Waals surface area (Å²) in [6, 6.07) is 6.53. The van der Waals surface area contributed by atoms with E-state index in [4.69, 9.17) is 23.2 Å². The molecule has 2 fully saturated rings. The number of rotatable bonds is 5. The van der Waals surface area contributed by atoms with Crippen molar-refractivity contribution in [1.82, 2.24) is 9.88 Å². The summed E-state index contributed by atoms with van der Waals surface area (Å²) in [5.74, 6) is -0.988. The van der Waals surface area contributed by atoms with Gasteiger partial charge in [-0.3, -0.25) is 9.62 Å². The molecule has 1 N–H and O–H groups in total. The van der Waals surface area contributed by atoms with Gasteiger partial charge in [0.05, 0.1) is 10.7 Å². The maximum Gasteiger partial charge on any atom is 0.267 e. The fourth-order valence-corrected chi connectivity index (χ4v) is 6.56. The second kappa shape index (κ2) is 8.97. The number of hydrogen-bond acceptors (Lipinski definition) is 5. The van der Waals surface area contributed by atoms with E-state index in [1.807, 2.05) is 4.90 Å². The smallest absolute Gasteiger partial charge is 0.267 e. The normalized spacial score (nSPS) is 21.7. The Morgan fingerprint density at radius 2 is 2.03 bits per heavy atom. The Morgan fingerprint density at radius 1 is 1.25 bits per heavy atom. The van der Waals surface area contributed by atoms with Crippen molar-refractivity contribution in [1.29, 1.82) is 0 Å². The van der Waals surface area contributed by atoms with Gasteiger partial charge >= 0.3 is 0 Å². The van der Waals surface area contributed by atoms with E-state index >= 15 is 4.39 Å². The fourth-order valence-electron chi connectivity index (χ4n) is 4.59. The molecule has 2 aliphatic heterocycles. The lowest BCUT2D eigenvalue weighted by Gasteiger charge is -2.39. The minimum absolute atomic E-state index is 0.0653. The van der Waals surface area contributed by atoms with Gasteiger partial charge in [-0.1, -0.05) is 43.1 Å². The summed E-state index contributed by atoms with van der Waals surface area (Å²) in [4.78, 5) is 7.75. The maximum atomic E-state index is 15.3. The Bertz CT molecular complexity index is 1100. The topological polar surface area (TPSA) is 65.5 Å². The molecule has 174 valence electrons. The zero-order valence-electron chi connectivity index (χ0n) is 18.1. The van der Waals surface area contributed by atoms with Gasteiger partial charge in [-0.25, -0.2) is 17.8 Å². The molecule has 0 amide bonds. The third kappa shape index (κ3) is 4.83. The molecule has 0 bridgehead atoms. The lowest BCUT2D eigenvalue weighted by atomic mass is 9.93. The highest BCUT2D eigenvalue weighted by Crippen LogP contribution is 2.40. The van der Waals surface area contributed by atoms with Crippen molar-refractivity contribution in [2.45, 2.75) is 44.0 Å². The number of nitrogens with one attached hydrogen (secondary N) is 1. The first-order chi connectivity index (χ1) is 15.1. The van der Waals surface area contributed by atoms with Crippen molar-refractivity contribution in [3.8, 4) is 0 Å². The molecule has 4 rings (SSSR count). The van der Waals surface area contributed by atoms with Crippen molar-refractivity contribution < 1.29 is 12.8 Å². The van der Waals surface area contributed by atoms with Crippen LogP contribution in [0.4, 0.5) is 15.9 Å². The molecular weight excluding hydrogens is 474 g/mol. The van der Waals surface area contributed by atoms with Crippen LogP contribution in [0.3, 0.4) is 0 Å². The van der Waals surface area contributed by atoms with Gasteiger partial charge in [0.1, 0.15) is 15.7 Å². The third-order valence-electron chi connectivity index (χ3n) is 6.23. The first-order valence-electron chi connectivity index (χ1n) is 10.7. The second-order valence-electron chi connectivity index (χ2n) is 9.28. The standard InChI is InChI=1S/C22H27Cl2FN4O2S/c1-22(2)8-11-29(14-22)15-6-5-10-28(13-15)17-12-16(23)21(20(25)19(17)24)32(30,31)27-18-7-3-4-9-26-18/h3-4,7,9,12,15H,5-6,8,10-11,13-14H2,1-2H3,(H,26,27). The quantitative estimate of drug-likeness (QED) is 0.583. The third-order valence-corrected chi connectivity index (χ3v) is 8.41. The van der Waals surface area contributed by atoms with Crippen LogP contribution in [0, 0.1) is 11.2 Å². The molecule has 0 saturated carbocycles. The Hall–Kier alpha value is -1.61. The van der Waals surface area contributed by atoms with Gasteiger partial charge in [0, 0.05) is 31.9 Å². The number of halogens is 3. The van der Waals surface area contributed by atoms with Crippen LogP contribution in [0.25, 0.3) is 0 Å². The lowest BCUT2D eigenvalue weighted by Crippen LogP contribution is -2.47. The SMILES string of the molecule is CC1(C)CCN(C2CCCN(c3cc(Cl)c(S(=O)(=O)Nc4ccccn4)c(F)c3Cl)C2)C1. The summed E-state index contributed by atoms with van der Waals surface area (Å²) in [5.41, 5.74) is 0.723. The molecule has 0 aliphatic carbocycles. The van der Waals surface area contributed by atoms with E-state index in [9.17, 15) is 8.42 Å². The molecule has 1 unspecified atom stereocenters. The number of aromatic nitrogens is 1. The number of piperidine rings is 1. The van der Waals surface area contributed by atoms with Crippen LogP contribution in [0.1, 0.15) is 33.1 Å². The Morgan fingerprint density at radius 3 is 2.69 bits per heavy atom. The molecule has 0 radical (unpaired) electrons. The first kappa shape index (κ1) is 23.5. The predicted molar refractivity (Wildman–Crippen MR) is 127 cm³/mol. The van der Waals surface area contributed by atoms with Crippen LogP contribution in [-0.2, 0) is 10.0 Å². The number of anilines is 2. The van der Waals surface area contributed by atoms with Crippen molar-refractivity contribution in [2.75, 3.05) is 35.8 Å². The summed E-state index contributed by atoms with van der Waals surface area (Å²) in [6.45, 7) is 8.04. The summed E-state index contributed by atoms with van der Waals surface area (Å²) < 4.78 is 43.2. The fraction of sp³-hybridized carbons (Fsp3) is 0.500. The van der Waals surface area contributed by atoms with Gasteiger partial charge in [-0.2, -0.15) is 0 Å². The van der Waals surface area contributed by atoms with Crippen LogP contribution < -0.4 is 9.62 Å². The number of sulfonamides is 1. The zero-order chi connectivity index (χ0) is 23.1. The minimum Gasteiger partial charge on any atom is -0.369 e. The van der Waals surface area contributed by atoms with Gasteiger partial charge in [0.2, 0.25) is 0 Å². The van der Waals surface area contributed by atoms with E-state index in [0.717, 1.165) is 32.4 Å². The van der Waals surface area contributed by atoms with E-state index in [1.165, 1.54) is 18.3 Å². The molecule has 32 heavy (non-hydrogen) atoms. The average molecular weight is 501 g/mol. The van der Waals surface area contributed by atoms with Crippen molar-refractivity contribution in [2.24, 2.45) is 5.41 Å². The number of benzene rings is 1. The highest BCUT2D eigenvalue weighted by Gasteiger charge is 2.36. The number of nitrogens with zero attached hydrogens (tertiary/aromatic N) is 3. The van der Waals surface area contributed by atoms with Crippen LogP contribution in [0.5, 0.6) is 0 Å². The van der Waals surface area contributed by atoms with E-state index in [0.29, 0.717) is 30.2 Å². The Balaban J connectivity index is 1.60. The Kier molecular flexibility index (Phi) is 6.60. The lowest BCUT2D eigenvalue weighted by molar-refractivity contribution is 0.195. The molecule has 10 heteroatoms. The van der Waals surface area contributed by atoms with Crippen molar-refractivity contribution >= 4 is 44.7 Å². The molecular formula is C22H27Cl2FN4O2S. The van der Waals surface area contributed by atoms with Crippen LogP contribution >= 0.6 is 23.2 Å². The largest absolute Gasteiger partial charge is 0.369 e. The van der Waals surface area contributed by atoms with Crippen LogP contribution in [-0.4, -0.2) is 50.5 Å². The molecule has 3 heterocycles. The molecule has 2 saturated heterocycles. The van der Waals surface area contributed by atoms with Gasteiger partial charge in [-0.15, -0.1) is 0 Å². The monoisotopic (exact) mass is 500 g/mol. The highest BCUT2D eigenvalue weighted by molar-refractivity contribution is 7.92. The van der Waals surface area contributed by atoms with Gasteiger partial charge in [0.15, 0.2) is 5.82 Å². The van der Waals surface area contributed by atoms with Gasteiger partial charge in [0.25, 0.3) is 10.0 Å². The molecule has 1 aromatic carbocycles. The molecule has 0 spiro atoms. The average Bonchev–Trinajstić information content (AvgIpc) is 3.11. The summed E-state index contributed by atoms with van der Waals surface area (Å²) in [6.07, 6.45) is 4.60. The number of likely N-dealkylation sites (tertiary alicyclic amines) is 1. The van der Waals surface area contributed by atoms with Crippen LogP contribution in [0.15, 0.2) is 35.4 Å². The van der Waals surface area contributed by atoms with E-state index in [-0.39, 0.29) is 15.9 Å². The van der Waals surface area contributed by atoms with E-state index in [1.54, 1.807) is 12.1 Å². The minimum atomic E-state index is -4.31. The number of hydrogen-bond donors (Lipinski definition) is 1. The van der Waals surface area contributed by atoms with Crippen molar-refractivity contribution in [3.63, 3.8) is 0 Å². The van der Waals surface area contributed by atoms with Gasteiger partial charge in [-0.05, 0) is 49.4 Å². The van der Waals surface area contributed by atoms with Crippen LogP contribution in [0.2, 0.25) is 10.0 Å². The zero-order valence-corrected chi connectivity index (χ0v) is 20.4. The molecule has 2 aromatic rings. The van der Waals surface area contributed by atoms with Gasteiger partial charge < -0.3 is 4.90 Å². The highest BCUT2D eigenvalue weighted by atomic mass is 35.5. The second-order valence-corrected chi connectivity index (χ2v) is 11.7. The van der Waals surface area contributed by atoms with E-state index in [2.05, 4.69) is 28.5 Å². The maximum absolute atomic E-state index is 15.3. The molecule has 2 aliphatic rings. The molecule has 6 nitrogen and oxygen atoms in total. The number of pyridine rings is 1. The molecule has 1 atom stereocenters. The van der Waals surface area contributed by atoms with E-state index < -0.39 is 20.7 Å². The Labute approximate surface area is 198 Å². The van der Waals surface area contributed by atoms with Crippen molar-refractivity contribution in [3.05, 3.63) is 46.3 Å². The summed E-state index contributed by atoms with van der Waals surface area (Å²) >= 11 is 12.7.